The van der Waals surface area contributed by atoms with E-state index in [1.165, 1.54) is 6.20 Å². The first-order chi connectivity index (χ1) is 7.29. The number of nitrogens with two attached hydrogens (primary N) is 1. The van der Waals surface area contributed by atoms with Crippen LogP contribution >= 0.6 is 0 Å². The summed E-state index contributed by atoms with van der Waals surface area (Å²) in [4.78, 5) is 8.27. The van der Waals surface area contributed by atoms with E-state index in [1.807, 2.05) is 0 Å². The van der Waals surface area contributed by atoms with E-state index in [9.17, 15) is 0 Å². The van der Waals surface area contributed by atoms with Crippen LogP contribution in [-0.4, -0.2) is 32.5 Å². The number of nitrogens with one attached hydrogen (secondary N) is 1. The first-order valence-corrected chi connectivity index (χ1v) is 4.28. The minimum Gasteiger partial charge on any atom is -0.384 e. The zero-order chi connectivity index (χ0) is 10.7. The molecule has 3 N–H and O–H groups in total. The van der Waals surface area contributed by atoms with Crippen molar-refractivity contribution in [2.75, 3.05) is 12.8 Å². The Kier molecular flexibility index (Phi) is 2.55. The lowest BCUT2D eigenvalue weighted by Gasteiger charge is -2.02. The molecule has 0 spiro atoms. The van der Waals surface area contributed by atoms with Crippen LogP contribution < -0.4 is 5.73 Å². The number of H-pyrrole nitrogens is 1. The Morgan fingerprint density at radius 1 is 1.47 bits per heavy atom. The highest BCUT2D eigenvalue weighted by molar-refractivity contribution is 5.50. The summed E-state index contributed by atoms with van der Waals surface area (Å²) in [6.45, 7) is 0.386. The minimum absolute atomic E-state index is 0.384. The molecule has 2 heterocycles. The number of rotatable bonds is 3. The van der Waals surface area contributed by atoms with Crippen LogP contribution in [0.1, 0.15) is 5.69 Å². The molecule has 0 saturated heterocycles. The normalized spacial score (nSPS) is 10.5. The number of aromatic amines is 1. The third-order valence-electron chi connectivity index (χ3n) is 1.74. The molecule has 0 aliphatic rings. The second-order valence-corrected chi connectivity index (χ2v) is 2.90. The standard InChI is InChI=1S/C8H10N6O/c1-15-4-5-2-7(9)12-8(11-5)6-3-10-14-13-6/h2-3H,4H2,1H3,(H2,9,11,12)(H,10,13,14). The molecule has 0 aliphatic heterocycles. The van der Waals surface area contributed by atoms with E-state index in [0.29, 0.717) is 29.6 Å². The SMILES string of the molecule is COCc1cc(N)nc(-c2cn[nH]n2)n1. The zero-order valence-electron chi connectivity index (χ0n) is 8.14. The maximum Gasteiger partial charge on any atom is 0.184 e. The quantitative estimate of drug-likeness (QED) is 0.732. The Hall–Kier alpha value is -2.02. The summed E-state index contributed by atoms with van der Waals surface area (Å²) in [7, 11) is 1.59. The van der Waals surface area contributed by atoms with Crippen molar-refractivity contribution in [3.05, 3.63) is 18.0 Å². The summed E-state index contributed by atoms with van der Waals surface area (Å²) in [6.07, 6.45) is 1.53. The van der Waals surface area contributed by atoms with Gasteiger partial charge in [-0.25, -0.2) is 9.97 Å². The molecule has 0 amide bonds. The Labute approximate surface area is 85.7 Å². The summed E-state index contributed by atoms with van der Waals surface area (Å²) >= 11 is 0. The highest BCUT2D eigenvalue weighted by Crippen LogP contribution is 2.13. The number of anilines is 1. The predicted molar refractivity (Wildman–Crippen MR) is 52.5 cm³/mol. The van der Waals surface area contributed by atoms with Crippen LogP contribution in [-0.2, 0) is 11.3 Å². The van der Waals surface area contributed by atoms with Gasteiger partial charge in [0.05, 0.1) is 18.5 Å². The van der Waals surface area contributed by atoms with Gasteiger partial charge >= 0.3 is 0 Å². The molecule has 7 nitrogen and oxygen atoms in total. The van der Waals surface area contributed by atoms with Crippen molar-refractivity contribution < 1.29 is 4.74 Å². The molecule has 2 aromatic heterocycles. The van der Waals surface area contributed by atoms with Crippen LogP contribution in [0.25, 0.3) is 11.5 Å². The van der Waals surface area contributed by atoms with E-state index in [-0.39, 0.29) is 0 Å². The molecule has 0 unspecified atom stereocenters. The fourth-order valence-electron chi connectivity index (χ4n) is 1.16. The van der Waals surface area contributed by atoms with Crippen LogP contribution in [0.5, 0.6) is 0 Å². The monoisotopic (exact) mass is 206 g/mol. The average molecular weight is 206 g/mol. The zero-order valence-corrected chi connectivity index (χ0v) is 8.14. The lowest BCUT2D eigenvalue weighted by Crippen LogP contribution is -2.01. The van der Waals surface area contributed by atoms with Crippen molar-refractivity contribution in [1.82, 2.24) is 25.4 Å². The van der Waals surface area contributed by atoms with Crippen molar-refractivity contribution in [2.45, 2.75) is 6.61 Å². The van der Waals surface area contributed by atoms with Gasteiger partial charge in [0.2, 0.25) is 0 Å². The fraction of sp³-hybridized carbons (Fsp3) is 0.250. The largest absolute Gasteiger partial charge is 0.384 e. The van der Waals surface area contributed by atoms with Crippen LogP contribution in [0.2, 0.25) is 0 Å². The fourth-order valence-corrected chi connectivity index (χ4v) is 1.16. The highest BCUT2D eigenvalue weighted by atomic mass is 16.5. The van der Waals surface area contributed by atoms with Crippen LogP contribution in [0.4, 0.5) is 5.82 Å². The van der Waals surface area contributed by atoms with E-state index in [2.05, 4.69) is 25.4 Å². The van der Waals surface area contributed by atoms with Crippen molar-refractivity contribution in [3.63, 3.8) is 0 Å². The summed E-state index contributed by atoms with van der Waals surface area (Å²) in [5.41, 5.74) is 6.90. The van der Waals surface area contributed by atoms with Gasteiger partial charge < -0.3 is 10.5 Å². The number of nitrogen functional groups attached to an aromatic ring is 1. The lowest BCUT2D eigenvalue weighted by molar-refractivity contribution is 0.181. The molecular weight excluding hydrogens is 196 g/mol. The third-order valence-corrected chi connectivity index (χ3v) is 1.74. The van der Waals surface area contributed by atoms with Crippen molar-refractivity contribution in [3.8, 4) is 11.5 Å². The van der Waals surface area contributed by atoms with Gasteiger partial charge in [-0.3, -0.25) is 0 Å². The van der Waals surface area contributed by atoms with Gasteiger partial charge in [-0.15, -0.1) is 0 Å². The molecule has 0 saturated carbocycles. The molecule has 7 heteroatoms. The smallest absolute Gasteiger partial charge is 0.184 e. The van der Waals surface area contributed by atoms with Crippen molar-refractivity contribution >= 4 is 5.82 Å². The molecule has 0 fully saturated rings. The summed E-state index contributed by atoms with van der Waals surface area (Å²) < 4.78 is 4.97. The lowest BCUT2D eigenvalue weighted by atomic mass is 10.3. The molecule has 0 bridgehead atoms. The summed E-state index contributed by atoms with van der Waals surface area (Å²) in [5.74, 6) is 0.825. The Morgan fingerprint density at radius 3 is 3.00 bits per heavy atom. The molecule has 0 aromatic carbocycles. The molecule has 2 aromatic rings. The summed E-state index contributed by atoms with van der Waals surface area (Å²) in [5, 5.41) is 10.0. The van der Waals surface area contributed by atoms with Crippen LogP contribution in [0, 0.1) is 0 Å². The Morgan fingerprint density at radius 2 is 2.33 bits per heavy atom. The van der Waals surface area contributed by atoms with Gasteiger partial charge in [0.15, 0.2) is 5.82 Å². The molecular formula is C8H10N6O. The number of nitrogens with zero attached hydrogens (tertiary/aromatic N) is 4. The van der Waals surface area contributed by atoms with Gasteiger partial charge in [-0.2, -0.15) is 15.4 Å². The second kappa shape index (κ2) is 4.01. The van der Waals surface area contributed by atoms with Crippen molar-refractivity contribution in [1.29, 1.82) is 0 Å². The predicted octanol–water partition coefficient (Wildman–Crippen LogP) is -0.00970. The van der Waals surface area contributed by atoms with E-state index < -0.39 is 0 Å². The van der Waals surface area contributed by atoms with Crippen LogP contribution in [0.3, 0.4) is 0 Å². The molecule has 0 aliphatic carbocycles. The van der Waals surface area contributed by atoms with E-state index >= 15 is 0 Å². The van der Waals surface area contributed by atoms with Gasteiger partial charge in [-0.05, 0) is 0 Å². The average Bonchev–Trinajstić information content (AvgIpc) is 2.70. The minimum atomic E-state index is 0.384. The van der Waals surface area contributed by atoms with Gasteiger partial charge in [0.25, 0.3) is 0 Å². The van der Waals surface area contributed by atoms with Gasteiger partial charge in [-0.1, -0.05) is 0 Å². The second-order valence-electron chi connectivity index (χ2n) is 2.90. The topological polar surface area (TPSA) is 103 Å². The van der Waals surface area contributed by atoms with Gasteiger partial charge in [0, 0.05) is 13.2 Å². The maximum absolute atomic E-state index is 5.63. The Bertz CT molecular complexity index is 440. The molecule has 78 valence electrons. The number of hydrogen-bond donors (Lipinski definition) is 2. The highest BCUT2D eigenvalue weighted by Gasteiger charge is 2.07. The first-order valence-electron chi connectivity index (χ1n) is 4.28. The summed E-state index contributed by atoms with van der Waals surface area (Å²) in [6, 6.07) is 1.66. The molecule has 0 atom stereocenters. The number of ether oxygens (including phenoxy) is 1. The van der Waals surface area contributed by atoms with Gasteiger partial charge in [0.1, 0.15) is 11.5 Å². The molecule has 15 heavy (non-hydrogen) atoms. The number of methoxy groups -OCH3 is 1. The van der Waals surface area contributed by atoms with E-state index in [1.54, 1.807) is 13.2 Å². The molecule has 2 rings (SSSR count). The van der Waals surface area contributed by atoms with Crippen molar-refractivity contribution in [2.24, 2.45) is 0 Å². The van der Waals surface area contributed by atoms with Crippen LogP contribution in [0.15, 0.2) is 12.3 Å². The van der Waals surface area contributed by atoms with E-state index in [0.717, 1.165) is 0 Å². The number of hydrogen-bond acceptors (Lipinski definition) is 6. The first kappa shape index (κ1) is 9.53. The number of aromatic nitrogens is 5. The Balaban J connectivity index is 2.40. The van der Waals surface area contributed by atoms with E-state index in [4.69, 9.17) is 10.5 Å². The third kappa shape index (κ3) is 2.08. The molecule has 0 radical (unpaired) electrons. The maximum atomic E-state index is 5.63.